The molecule has 0 fully saturated rings. The van der Waals surface area contributed by atoms with Gasteiger partial charge in [0.05, 0.1) is 18.8 Å². The third-order valence-electron chi connectivity index (χ3n) is 3.62. The fourth-order valence-electron chi connectivity index (χ4n) is 2.42. The van der Waals surface area contributed by atoms with E-state index in [1.165, 1.54) is 6.92 Å². The molecular weight excluding hydrogens is 337 g/mol. The zero-order valence-corrected chi connectivity index (χ0v) is 14.3. The lowest BCUT2D eigenvalue weighted by Crippen LogP contribution is -2.08. The van der Waals surface area contributed by atoms with Gasteiger partial charge in [-0.2, -0.15) is 0 Å². The molecule has 2 unspecified atom stereocenters. The molecule has 0 saturated heterocycles. The van der Waals surface area contributed by atoms with E-state index in [4.69, 9.17) is 9.15 Å². The minimum absolute atomic E-state index is 0.0257. The van der Waals surface area contributed by atoms with E-state index in [1.807, 2.05) is 30.3 Å². The molecule has 1 aromatic heterocycles. The van der Waals surface area contributed by atoms with Gasteiger partial charge in [0.25, 0.3) is 0 Å². The summed E-state index contributed by atoms with van der Waals surface area (Å²) in [4.78, 5) is 0. The maximum Gasteiger partial charge on any atom is 0.249 e. The molecule has 136 valence electrons. The van der Waals surface area contributed by atoms with Crippen LogP contribution in [0.2, 0.25) is 0 Å². The summed E-state index contributed by atoms with van der Waals surface area (Å²) in [6, 6.07) is 16.7. The molecule has 3 aromatic rings. The van der Waals surface area contributed by atoms with Crippen LogP contribution in [0, 0.1) is 0 Å². The number of aromatic nitrogens is 2. The highest BCUT2D eigenvalue weighted by Crippen LogP contribution is 2.28. The first-order valence-electron chi connectivity index (χ1n) is 8.26. The van der Waals surface area contributed by atoms with Gasteiger partial charge in [0.2, 0.25) is 11.8 Å². The Hall–Kier alpha value is -2.77. The summed E-state index contributed by atoms with van der Waals surface area (Å²) in [6.45, 7) is 1.79. The number of hydrogen-bond acceptors (Lipinski definition) is 6. The molecule has 1 heterocycles. The molecule has 26 heavy (non-hydrogen) atoms. The van der Waals surface area contributed by atoms with Gasteiger partial charge in [-0.1, -0.05) is 42.5 Å². The highest BCUT2D eigenvalue weighted by Gasteiger charge is 2.19. The predicted molar refractivity (Wildman–Crippen MR) is 95.0 cm³/mol. The Bertz CT molecular complexity index is 824. The van der Waals surface area contributed by atoms with Crippen LogP contribution in [0.25, 0.3) is 11.5 Å². The van der Waals surface area contributed by atoms with Crippen molar-refractivity contribution in [3.05, 3.63) is 66.1 Å². The maximum atomic E-state index is 13.3. The van der Waals surface area contributed by atoms with Crippen LogP contribution in [0.3, 0.4) is 0 Å². The van der Waals surface area contributed by atoms with Gasteiger partial charge in [-0.25, -0.2) is 4.39 Å². The Morgan fingerprint density at radius 1 is 1.12 bits per heavy atom. The molecule has 0 amide bonds. The first-order valence-corrected chi connectivity index (χ1v) is 8.26. The molecule has 0 aliphatic rings. The average Bonchev–Trinajstić information content (AvgIpc) is 3.12. The largest absolute Gasteiger partial charge is 0.418 e. The van der Waals surface area contributed by atoms with Gasteiger partial charge in [-0.05, 0) is 24.6 Å². The van der Waals surface area contributed by atoms with Crippen LogP contribution in [0.4, 0.5) is 10.1 Å². The van der Waals surface area contributed by atoms with Gasteiger partial charge in [-0.15, -0.1) is 10.2 Å². The molecule has 0 bridgehead atoms. The van der Waals surface area contributed by atoms with Crippen molar-refractivity contribution >= 4 is 5.69 Å². The number of nitrogens with one attached hydrogen (secondary N) is 1. The summed E-state index contributed by atoms with van der Waals surface area (Å²) in [5.41, 5.74) is 2.10. The van der Waals surface area contributed by atoms with Gasteiger partial charge >= 0.3 is 0 Å². The third kappa shape index (κ3) is 4.65. The molecule has 2 aromatic carbocycles. The van der Waals surface area contributed by atoms with E-state index in [0.717, 1.165) is 5.56 Å². The Morgan fingerprint density at radius 2 is 1.85 bits per heavy atom. The number of halogens is 1. The molecule has 2 N–H and O–H groups in total. The normalized spacial score (nSPS) is 13.3. The van der Waals surface area contributed by atoms with Crippen LogP contribution in [0.15, 0.2) is 59.0 Å². The molecule has 6 nitrogen and oxygen atoms in total. The van der Waals surface area contributed by atoms with E-state index >= 15 is 0 Å². The standard InChI is InChI=1S/C19H20FN3O3/c1-13(20)21-16-10-6-5-9-15(16)18-22-23-19(26-18)17(24)12-25-11-14-7-3-2-4-8-14/h2-10,13,17,21,24H,11-12H2,1H3. The van der Waals surface area contributed by atoms with Crippen LogP contribution < -0.4 is 5.32 Å². The monoisotopic (exact) mass is 357 g/mol. The summed E-state index contributed by atoms with van der Waals surface area (Å²) in [7, 11) is 0. The molecular formula is C19H20FN3O3. The Kier molecular flexibility index (Phi) is 5.93. The SMILES string of the molecule is CC(F)Nc1ccccc1-c1nnc(C(O)COCc2ccccc2)o1. The van der Waals surface area contributed by atoms with Crippen molar-refractivity contribution in [2.24, 2.45) is 0 Å². The fraction of sp³-hybridized carbons (Fsp3) is 0.263. The van der Waals surface area contributed by atoms with Crippen LogP contribution in [-0.4, -0.2) is 28.2 Å². The molecule has 0 aliphatic carbocycles. The molecule has 2 atom stereocenters. The predicted octanol–water partition coefficient (Wildman–Crippen LogP) is 3.71. The van der Waals surface area contributed by atoms with Gasteiger partial charge in [-0.3, -0.25) is 0 Å². The first-order chi connectivity index (χ1) is 12.6. The lowest BCUT2D eigenvalue weighted by atomic mass is 10.2. The number of benzene rings is 2. The smallest absolute Gasteiger partial charge is 0.249 e. The second kappa shape index (κ2) is 8.55. The highest BCUT2D eigenvalue weighted by molar-refractivity contribution is 5.72. The zero-order valence-electron chi connectivity index (χ0n) is 14.3. The second-order valence-electron chi connectivity index (χ2n) is 5.77. The van der Waals surface area contributed by atoms with Crippen molar-refractivity contribution in [1.29, 1.82) is 0 Å². The first kappa shape index (κ1) is 18.0. The summed E-state index contributed by atoms with van der Waals surface area (Å²) >= 11 is 0. The molecule has 0 radical (unpaired) electrons. The number of alkyl halides is 1. The number of hydrogen-bond donors (Lipinski definition) is 2. The van der Waals surface area contributed by atoms with Crippen LogP contribution >= 0.6 is 0 Å². The second-order valence-corrected chi connectivity index (χ2v) is 5.77. The van der Waals surface area contributed by atoms with E-state index in [2.05, 4.69) is 15.5 Å². The van der Waals surface area contributed by atoms with E-state index in [0.29, 0.717) is 17.9 Å². The van der Waals surface area contributed by atoms with E-state index in [9.17, 15) is 9.50 Å². The van der Waals surface area contributed by atoms with E-state index < -0.39 is 12.4 Å². The summed E-state index contributed by atoms with van der Waals surface area (Å²) < 4.78 is 24.3. The van der Waals surface area contributed by atoms with Crippen molar-refractivity contribution in [2.75, 3.05) is 11.9 Å². The quantitative estimate of drug-likeness (QED) is 0.598. The maximum absolute atomic E-state index is 13.3. The van der Waals surface area contributed by atoms with Crippen LogP contribution in [0.1, 0.15) is 24.5 Å². The molecule has 3 rings (SSSR count). The number of ether oxygens (including phenoxy) is 1. The molecule has 7 heteroatoms. The highest BCUT2D eigenvalue weighted by atomic mass is 19.1. The zero-order chi connectivity index (χ0) is 18.4. The van der Waals surface area contributed by atoms with Crippen molar-refractivity contribution < 1.29 is 18.7 Å². The molecule has 0 aliphatic heterocycles. The summed E-state index contributed by atoms with van der Waals surface area (Å²) in [5.74, 6) is 0.252. The number of nitrogens with zero attached hydrogens (tertiary/aromatic N) is 2. The van der Waals surface area contributed by atoms with Gasteiger partial charge in [0, 0.05) is 5.69 Å². The van der Waals surface area contributed by atoms with Crippen molar-refractivity contribution in [1.82, 2.24) is 10.2 Å². The number of rotatable bonds is 8. The van der Waals surface area contributed by atoms with Crippen LogP contribution in [-0.2, 0) is 11.3 Å². The number of aliphatic hydroxyl groups excluding tert-OH is 1. The fourth-order valence-corrected chi connectivity index (χ4v) is 2.42. The van der Waals surface area contributed by atoms with Crippen LogP contribution in [0.5, 0.6) is 0 Å². The van der Waals surface area contributed by atoms with E-state index in [1.54, 1.807) is 24.3 Å². The van der Waals surface area contributed by atoms with Gasteiger partial charge < -0.3 is 19.6 Å². The third-order valence-corrected chi connectivity index (χ3v) is 3.62. The number of para-hydroxylation sites is 1. The lowest BCUT2D eigenvalue weighted by molar-refractivity contribution is 0.0148. The Labute approximate surface area is 150 Å². The van der Waals surface area contributed by atoms with Gasteiger partial charge in [0.15, 0.2) is 12.4 Å². The minimum atomic E-state index is -1.23. The lowest BCUT2D eigenvalue weighted by Gasteiger charge is -2.10. The average molecular weight is 357 g/mol. The van der Waals surface area contributed by atoms with Gasteiger partial charge in [0.1, 0.15) is 0 Å². The molecule has 0 spiro atoms. The van der Waals surface area contributed by atoms with Crippen molar-refractivity contribution in [3.63, 3.8) is 0 Å². The summed E-state index contributed by atoms with van der Waals surface area (Å²) in [5, 5.41) is 20.7. The van der Waals surface area contributed by atoms with Crippen molar-refractivity contribution in [3.8, 4) is 11.5 Å². The topological polar surface area (TPSA) is 80.4 Å². The van der Waals surface area contributed by atoms with E-state index in [-0.39, 0.29) is 18.4 Å². The number of aliphatic hydroxyl groups is 1. The number of anilines is 1. The Balaban J connectivity index is 1.64. The Morgan fingerprint density at radius 3 is 2.62 bits per heavy atom. The minimum Gasteiger partial charge on any atom is -0.418 e. The van der Waals surface area contributed by atoms with Crippen molar-refractivity contribution in [2.45, 2.75) is 25.9 Å². The summed E-state index contributed by atoms with van der Waals surface area (Å²) in [6.07, 6.45) is -2.27. The molecule has 0 saturated carbocycles.